The first-order valence-corrected chi connectivity index (χ1v) is 24.7. The number of anilines is 2. The Balaban J connectivity index is 0.717. The number of piperidine rings is 2. The molecule has 70 heavy (non-hydrogen) atoms. The summed E-state index contributed by atoms with van der Waals surface area (Å²) in [5.74, 6) is 1.13. The molecule has 4 saturated heterocycles. The first-order chi connectivity index (χ1) is 33.5. The zero-order valence-electron chi connectivity index (χ0n) is 40.2. The molecule has 1 unspecified atom stereocenters. The molecule has 0 radical (unpaired) electrons. The van der Waals surface area contributed by atoms with E-state index in [1.165, 1.54) is 0 Å². The minimum atomic E-state index is -1.21. The first kappa shape index (κ1) is 48.9. The van der Waals surface area contributed by atoms with Crippen molar-refractivity contribution in [1.82, 2.24) is 20.0 Å². The van der Waals surface area contributed by atoms with Crippen molar-refractivity contribution in [2.24, 2.45) is 16.7 Å². The molecular formula is C53H61ClN6O10. The Labute approximate surface area is 413 Å². The van der Waals surface area contributed by atoms with Crippen molar-refractivity contribution in [2.75, 3.05) is 75.6 Å². The van der Waals surface area contributed by atoms with Crippen molar-refractivity contribution in [1.29, 1.82) is 0 Å². The van der Waals surface area contributed by atoms with Gasteiger partial charge in [0, 0.05) is 111 Å². The van der Waals surface area contributed by atoms with Gasteiger partial charge in [0.25, 0.3) is 23.6 Å². The maximum Gasteiger partial charge on any atom is 0.510 e. The van der Waals surface area contributed by atoms with Crippen LogP contribution in [0, 0.1) is 29.1 Å². The van der Waals surface area contributed by atoms with Gasteiger partial charge in [-0.2, -0.15) is 0 Å². The number of fused-ring (bicyclic) bond motifs is 1. The number of carbonyl (C=O) groups excluding carboxylic acids is 6. The molecule has 1 saturated carbocycles. The van der Waals surface area contributed by atoms with Crippen LogP contribution in [0.2, 0.25) is 5.02 Å². The van der Waals surface area contributed by atoms with E-state index in [4.69, 9.17) is 37.0 Å². The van der Waals surface area contributed by atoms with E-state index >= 15 is 0 Å². The lowest BCUT2D eigenvalue weighted by molar-refractivity contribution is -0.164. The molecule has 370 valence electrons. The number of amides is 5. The second-order valence-corrected chi connectivity index (χ2v) is 20.9. The molecule has 5 aliphatic heterocycles. The summed E-state index contributed by atoms with van der Waals surface area (Å²) >= 11 is 6.35. The van der Waals surface area contributed by atoms with Crippen LogP contribution in [-0.2, 0) is 23.8 Å². The highest BCUT2D eigenvalue weighted by Crippen LogP contribution is 2.55. The second kappa shape index (κ2) is 19.9. The fourth-order valence-electron chi connectivity index (χ4n) is 11.6. The summed E-state index contributed by atoms with van der Waals surface area (Å²) in [4.78, 5) is 88.5. The highest BCUT2D eigenvalue weighted by molar-refractivity contribution is 6.31. The Hall–Kier alpha value is -6.15. The van der Waals surface area contributed by atoms with Crippen molar-refractivity contribution in [3.63, 3.8) is 0 Å². The van der Waals surface area contributed by atoms with Gasteiger partial charge < -0.3 is 34.1 Å². The van der Waals surface area contributed by atoms with E-state index in [1.54, 1.807) is 24.3 Å². The molecule has 5 amide bonds. The molecule has 1 atom stereocenters. The largest absolute Gasteiger partial charge is 0.510 e. The third-order valence-corrected chi connectivity index (χ3v) is 15.6. The quantitative estimate of drug-likeness (QED) is 0.121. The van der Waals surface area contributed by atoms with Gasteiger partial charge in [-0.1, -0.05) is 45.2 Å². The lowest BCUT2D eigenvalue weighted by Crippen LogP contribution is -2.74. The monoisotopic (exact) mass is 976 g/mol. The minimum Gasteiger partial charge on any atom is -0.489 e. The fraction of sp³-hybridized carbons (Fsp3) is 0.509. The maximum atomic E-state index is 13.8. The third-order valence-electron chi connectivity index (χ3n) is 15.3. The molecule has 1 aliphatic carbocycles. The van der Waals surface area contributed by atoms with Gasteiger partial charge in [0.15, 0.2) is 6.73 Å². The SMILES string of the molecule is C#Cc1ccc(OC2C(C)(C)C(NC(=O)c3ccc(N4CCC(CN5CCN(c6ccc7c(c6)C(=O)N(C6CCC(=O)N(COC(=O)OC8CCOCC8)C6=O)C7=O)CC5)CC4)cc3)C2(C)C)cc1Cl. The van der Waals surface area contributed by atoms with Crippen molar-refractivity contribution in [3.05, 3.63) is 87.9 Å². The molecule has 16 nitrogen and oxygen atoms in total. The summed E-state index contributed by atoms with van der Waals surface area (Å²) in [6.07, 6.45) is 7.01. The second-order valence-electron chi connectivity index (χ2n) is 20.5. The van der Waals surface area contributed by atoms with E-state index in [-0.39, 0.29) is 59.0 Å². The lowest BCUT2D eigenvalue weighted by Gasteiger charge is -2.63. The zero-order chi connectivity index (χ0) is 49.5. The molecule has 5 heterocycles. The zero-order valence-corrected chi connectivity index (χ0v) is 41.0. The molecule has 3 aromatic carbocycles. The summed E-state index contributed by atoms with van der Waals surface area (Å²) < 4.78 is 22.1. The number of nitrogens with zero attached hydrogens (tertiary/aromatic N) is 5. The number of hydrogen-bond acceptors (Lipinski definition) is 13. The Bertz CT molecular complexity index is 2560. The predicted molar refractivity (Wildman–Crippen MR) is 261 cm³/mol. The molecule has 6 aliphatic rings. The molecule has 0 aromatic heterocycles. The molecule has 9 rings (SSSR count). The molecule has 5 fully saturated rings. The Kier molecular flexibility index (Phi) is 13.9. The number of ether oxygens (including phenoxy) is 4. The van der Waals surface area contributed by atoms with Gasteiger partial charge in [0.2, 0.25) is 5.91 Å². The molecule has 17 heteroatoms. The van der Waals surface area contributed by atoms with E-state index in [1.807, 2.05) is 36.4 Å². The average Bonchev–Trinajstić information content (AvgIpc) is 3.60. The normalized spacial score (nSPS) is 23.9. The lowest BCUT2D eigenvalue weighted by atomic mass is 9.49. The van der Waals surface area contributed by atoms with Gasteiger partial charge in [0.1, 0.15) is 24.0 Å². The molecule has 1 N–H and O–H groups in total. The topological polar surface area (TPSA) is 168 Å². The van der Waals surface area contributed by atoms with Crippen molar-refractivity contribution in [2.45, 2.75) is 90.5 Å². The van der Waals surface area contributed by atoms with Crippen LogP contribution in [0.1, 0.15) is 103 Å². The van der Waals surface area contributed by atoms with Gasteiger partial charge in [-0.15, -0.1) is 6.42 Å². The Morgan fingerprint density at radius 1 is 0.800 bits per heavy atom. The number of carbonyl (C=O) groups is 6. The Morgan fingerprint density at radius 3 is 2.13 bits per heavy atom. The number of nitrogens with one attached hydrogen (secondary N) is 1. The van der Waals surface area contributed by atoms with E-state index in [0.717, 1.165) is 79.8 Å². The summed E-state index contributed by atoms with van der Waals surface area (Å²) in [6, 6.07) is 17.1. The average molecular weight is 978 g/mol. The van der Waals surface area contributed by atoms with Crippen LogP contribution in [0.4, 0.5) is 16.2 Å². The number of halogens is 1. The van der Waals surface area contributed by atoms with Gasteiger partial charge in [-0.25, -0.2) is 9.69 Å². The summed E-state index contributed by atoms with van der Waals surface area (Å²) in [5.41, 5.74) is 2.90. The van der Waals surface area contributed by atoms with Crippen molar-refractivity contribution >= 4 is 58.7 Å². The molecule has 0 bridgehead atoms. The number of hydrogen-bond donors (Lipinski definition) is 1. The van der Waals surface area contributed by atoms with Crippen LogP contribution in [-0.4, -0.2) is 140 Å². The number of piperazine rings is 1. The van der Waals surface area contributed by atoms with Crippen LogP contribution in [0.3, 0.4) is 0 Å². The van der Waals surface area contributed by atoms with Gasteiger partial charge in [-0.3, -0.25) is 33.8 Å². The van der Waals surface area contributed by atoms with Crippen LogP contribution in [0.15, 0.2) is 60.7 Å². The fourth-order valence-corrected chi connectivity index (χ4v) is 11.8. The van der Waals surface area contributed by atoms with Crippen LogP contribution in [0.5, 0.6) is 5.75 Å². The molecule has 0 spiro atoms. The summed E-state index contributed by atoms with van der Waals surface area (Å²) in [5, 5.41) is 3.77. The van der Waals surface area contributed by atoms with E-state index < -0.39 is 42.6 Å². The van der Waals surface area contributed by atoms with Crippen molar-refractivity contribution in [3.8, 4) is 18.1 Å². The number of imide groups is 2. The van der Waals surface area contributed by atoms with E-state index in [0.29, 0.717) is 53.9 Å². The van der Waals surface area contributed by atoms with E-state index in [9.17, 15) is 28.8 Å². The van der Waals surface area contributed by atoms with E-state index in [2.05, 4.69) is 53.6 Å². The maximum absolute atomic E-state index is 13.8. The Morgan fingerprint density at radius 2 is 1.46 bits per heavy atom. The molecule has 3 aromatic rings. The van der Waals surface area contributed by atoms with Gasteiger partial charge in [-0.05, 0) is 79.8 Å². The highest BCUT2D eigenvalue weighted by Gasteiger charge is 2.64. The highest BCUT2D eigenvalue weighted by atomic mass is 35.5. The standard InChI is InChI=1S/C53H61ClN6O10/c1-6-34-9-13-39(30-42(34)54)69-50-52(2,3)49(53(50,4)5)55-45(62)35-7-10-36(11-8-35)57-21-17-33(18-22-57)31-56-23-25-58(26-24-56)37-12-14-40-41(29-37)47(64)60(46(40)63)43-15-16-44(61)59(48(43)65)32-68-51(66)70-38-19-27-67-28-20-38/h1,7-14,29-30,33,38,43,49-50H,15-28,31-32H2,2-5H3,(H,55,62). The van der Waals surface area contributed by atoms with Crippen LogP contribution in [0.25, 0.3) is 0 Å². The smallest absolute Gasteiger partial charge is 0.489 e. The summed E-state index contributed by atoms with van der Waals surface area (Å²) in [7, 11) is 0. The number of terminal acetylenes is 1. The number of benzene rings is 3. The van der Waals surface area contributed by atoms with Crippen molar-refractivity contribution < 1.29 is 47.7 Å². The first-order valence-electron chi connectivity index (χ1n) is 24.4. The van der Waals surface area contributed by atoms with Gasteiger partial charge >= 0.3 is 6.16 Å². The van der Waals surface area contributed by atoms with Crippen LogP contribution >= 0.6 is 11.6 Å². The number of likely N-dealkylation sites (tertiary alicyclic amines) is 1. The minimum absolute atomic E-state index is 0.0203. The predicted octanol–water partition coefficient (Wildman–Crippen LogP) is 6.38. The third kappa shape index (κ3) is 9.68. The van der Waals surface area contributed by atoms with Crippen LogP contribution < -0.4 is 19.9 Å². The van der Waals surface area contributed by atoms with Gasteiger partial charge in [0.05, 0.1) is 29.4 Å². The molecular weight excluding hydrogens is 916 g/mol. The number of rotatable bonds is 12. The summed E-state index contributed by atoms with van der Waals surface area (Å²) in [6.45, 7) is 14.7.